The van der Waals surface area contributed by atoms with Gasteiger partial charge in [0.15, 0.2) is 5.82 Å². The van der Waals surface area contributed by atoms with Gasteiger partial charge in [0.1, 0.15) is 6.20 Å². The summed E-state index contributed by atoms with van der Waals surface area (Å²) in [7, 11) is 1.71. The molecule has 0 saturated heterocycles. The molecule has 0 aliphatic carbocycles. The highest BCUT2D eigenvalue weighted by molar-refractivity contribution is 5.18. The van der Waals surface area contributed by atoms with Crippen LogP contribution >= 0.6 is 0 Å². The SMILES string of the molecule is CCCCCCCCc1ncc([N+](=O)[O-])n1C. The molecule has 0 radical (unpaired) electrons. The molecule has 1 heterocycles. The molecule has 0 fully saturated rings. The summed E-state index contributed by atoms with van der Waals surface area (Å²) in [5.41, 5.74) is 0. The molecule has 96 valence electrons. The average Bonchev–Trinajstić information content (AvgIpc) is 2.65. The number of aryl methyl sites for hydroxylation is 1. The van der Waals surface area contributed by atoms with Gasteiger partial charge in [-0.05, 0) is 11.3 Å². The van der Waals surface area contributed by atoms with Crippen molar-refractivity contribution in [2.24, 2.45) is 7.05 Å². The van der Waals surface area contributed by atoms with Crippen LogP contribution in [-0.2, 0) is 13.5 Å². The van der Waals surface area contributed by atoms with E-state index in [1.807, 2.05) is 0 Å². The molecule has 0 aromatic carbocycles. The highest BCUT2D eigenvalue weighted by atomic mass is 16.6. The molecule has 0 unspecified atom stereocenters. The van der Waals surface area contributed by atoms with Crippen LogP contribution in [0.2, 0.25) is 0 Å². The molecule has 0 spiro atoms. The van der Waals surface area contributed by atoms with E-state index in [0.29, 0.717) is 0 Å². The quantitative estimate of drug-likeness (QED) is 0.397. The summed E-state index contributed by atoms with van der Waals surface area (Å²) in [6.45, 7) is 2.20. The fourth-order valence-corrected chi connectivity index (χ4v) is 1.90. The Labute approximate surface area is 102 Å². The molecule has 0 saturated carbocycles. The topological polar surface area (TPSA) is 61.0 Å². The first kappa shape index (κ1) is 13.7. The van der Waals surface area contributed by atoms with Crippen molar-refractivity contribution in [1.29, 1.82) is 0 Å². The molecule has 0 aliphatic rings. The number of hydrogen-bond acceptors (Lipinski definition) is 3. The Morgan fingerprint density at radius 2 is 1.94 bits per heavy atom. The van der Waals surface area contributed by atoms with Gasteiger partial charge in [0.25, 0.3) is 0 Å². The first-order chi connectivity index (χ1) is 8.16. The number of aromatic nitrogens is 2. The summed E-state index contributed by atoms with van der Waals surface area (Å²) in [6, 6.07) is 0. The molecular weight excluding hydrogens is 218 g/mol. The zero-order valence-electron chi connectivity index (χ0n) is 10.7. The van der Waals surface area contributed by atoms with Crippen LogP contribution in [-0.4, -0.2) is 14.5 Å². The monoisotopic (exact) mass is 239 g/mol. The van der Waals surface area contributed by atoms with Crippen molar-refractivity contribution in [2.45, 2.75) is 51.9 Å². The van der Waals surface area contributed by atoms with Crippen LogP contribution in [0.5, 0.6) is 0 Å². The van der Waals surface area contributed by atoms with E-state index in [1.165, 1.54) is 38.3 Å². The zero-order valence-corrected chi connectivity index (χ0v) is 10.7. The van der Waals surface area contributed by atoms with Crippen molar-refractivity contribution in [3.05, 3.63) is 22.1 Å². The Morgan fingerprint density at radius 3 is 2.53 bits per heavy atom. The Bertz CT molecular complexity index is 361. The minimum atomic E-state index is -0.391. The Morgan fingerprint density at radius 1 is 1.29 bits per heavy atom. The molecule has 0 bridgehead atoms. The molecular formula is C12H21N3O2. The Kier molecular flexibility index (Phi) is 5.66. The standard InChI is InChI=1S/C12H21N3O2/c1-3-4-5-6-7-8-9-11-13-10-12(14(11)2)15(16)17/h10H,3-9H2,1-2H3. The van der Waals surface area contributed by atoms with E-state index < -0.39 is 4.92 Å². The van der Waals surface area contributed by atoms with Gasteiger partial charge in [-0.3, -0.25) is 0 Å². The summed E-state index contributed by atoms with van der Waals surface area (Å²) >= 11 is 0. The van der Waals surface area contributed by atoms with Crippen LogP contribution in [0, 0.1) is 10.1 Å². The summed E-state index contributed by atoms with van der Waals surface area (Å²) in [6.07, 6.45) is 9.51. The fourth-order valence-electron chi connectivity index (χ4n) is 1.90. The summed E-state index contributed by atoms with van der Waals surface area (Å²) in [4.78, 5) is 14.3. The highest BCUT2D eigenvalue weighted by Crippen LogP contribution is 2.14. The van der Waals surface area contributed by atoms with Crippen molar-refractivity contribution in [1.82, 2.24) is 9.55 Å². The minimum Gasteiger partial charge on any atom is -0.358 e. The van der Waals surface area contributed by atoms with E-state index in [-0.39, 0.29) is 5.82 Å². The van der Waals surface area contributed by atoms with Gasteiger partial charge in [0, 0.05) is 6.42 Å². The second kappa shape index (κ2) is 7.04. The number of unbranched alkanes of at least 4 members (excludes halogenated alkanes) is 5. The molecule has 1 aromatic rings. The van der Waals surface area contributed by atoms with Crippen LogP contribution < -0.4 is 0 Å². The first-order valence-electron chi connectivity index (χ1n) is 6.31. The van der Waals surface area contributed by atoms with E-state index in [0.717, 1.165) is 18.7 Å². The van der Waals surface area contributed by atoms with Gasteiger partial charge < -0.3 is 10.1 Å². The normalized spacial score (nSPS) is 10.7. The van der Waals surface area contributed by atoms with Crippen molar-refractivity contribution in [3.8, 4) is 0 Å². The smallest absolute Gasteiger partial charge is 0.342 e. The number of rotatable bonds is 8. The van der Waals surface area contributed by atoms with E-state index in [4.69, 9.17) is 0 Å². The van der Waals surface area contributed by atoms with E-state index >= 15 is 0 Å². The summed E-state index contributed by atoms with van der Waals surface area (Å²) in [5.74, 6) is 0.887. The van der Waals surface area contributed by atoms with Crippen LogP contribution in [0.3, 0.4) is 0 Å². The van der Waals surface area contributed by atoms with Gasteiger partial charge in [-0.25, -0.2) is 9.55 Å². The van der Waals surface area contributed by atoms with Gasteiger partial charge in [-0.15, -0.1) is 0 Å². The van der Waals surface area contributed by atoms with Crippen molar-refractivity contribution in [3.63, 3.8) is 0 Å². The lowest BCUT2D eigenvalue weighted by molar-refractivity contribution is -0.391. The maximum atomic E-state index is 10.6. The molecule has 5 nitrogen and oxygen atoms in total. The van der Waals surface area contributed by atoms with Crippen LogP contribution in [0.25, 0.3) is 0 Å². The third-order valence-electron chi connectivity index (χ3n) is 3.00. The van der Waals surface area contributed by atoms with Crippen molar-refractivity contribution in [2.75, 3.05) is 0 Å². The first-order valence-corrected chi connectivity index (χ1v) is 6.31. The van der Waals surface area contributed by atoms with Gasteiger partial charge in [0.2, 0.25) is 0 Å². The lowest BCUT2D eigenvalue weighted by Crippen LogP contribution is -2.02. The maximum Gasteiger partial charge on any atom is 0.342 e. The highest BCUT2D eigenvalue weighted by Gasteiger charge is 2.15. The lowest BCUT2D eigenvalue weighted by Gasteiger charge is -2.00. The molecule has 0 aliphatic heterocycles. The second-order valence-corrected chi connectivity index (χ2v) is 4.37. The molecule has 17 heavy (non-hydrogen) atoms. The predicted molar refractivity (Wildman–Crippen MR) is 66.9 cm³/mol. The number of imidazole rings is 1. The average molecular weight is 239 g/mol. The molecule has 1 rings (SSSR count). The maximum absolute atomic E-state index is 10.6. The summed E-state index contributed by atoms with van der Waals surface area (Å²) in [5, 5.41) is 10.6. The number of nitrogens with zero attached hydrogens (tertiary/aromatic N) is 3. The minimum absolute atomic E-state index is 0.0750. The Balaban J connectivity index is 2.30. The number of nitro groups is 1. The zero-order chi connectivity index (χ0) is 12.7. The van der Waals surface area contributed by atoms with Gasteiger partial charge in [-0.2, -0.15) is 0 Å². The fraction of sp³-hybridized carbons (Fsp3) is 0.750. The lowest BCUT2D eigenvalue weighted by atomic mass is 10.1. The van der Waals surface area contributed by atoms with Crippen LogP contribution in [0.1, 0.15) is 51.3 Å². The van der Waals surface area contributed by atoms with Gasteiger partial charge in [-0.1, -0.05) is 39.0 Å². The van der Waals surface area contributed by atoms with Crippen molar-refractivity contribution < 1.29 is 4.92 Å². The molecule has 0 atom stereocenters. The largest absolute Gasteiger partial charge is 0.358 e. The van der Waals surface area contributed by atoms with Crippen molar-refractivity contribution >= 4 is 5.82 Å². The molecule has 0 N–H and O–H groups in total. The third kappa shape index (κ3) is 4.17. The van der Waals surface area contributed by atoms with Crippen LogP contribution in [0.4, 0.5) is 5.82 Å². The van der Waals surface area contributed by atoms with Gasteiger partial charge in [0.05, 0.1) is 7.05 Å². The van der Waals surface area contributed by atoms with E-state index in [2.05, 4.69) is 11.9 Å². The van der Waals surface area contributed by atoms with Crippen LogP contribution in [0.15, 0.2) is 6.20 Å². The third-order valence-corrected chi connectivity index (χ3v) is 3.00. The molecule has 1 aromatic heterocycles. The van der Waals surface area contributed by atoms with Gasteiger partial charge >= 0.3 is 5.82 Å². The molecule has 5 heteroatoms. The second-order valence-electron chi connectivity index (χ2n) is 4.37. The number of hydrogen-bond donors (Lipinski definition) is 0. The summed E-state index contributed by atoms with van der Waals surface area (Å²) < 4.78 is 1.58. The Hall–Kier alpha value is -1.39. The van der Waals surface area contributed by atoms with E-state index in [9.17, 15) is 10.1 Å². The predicted octanol–water partition coefficient (Wildman–Crippen LogP) is 3.23. The van der Waals surface area contributed by atoms with E-state index in [1.54, 1.807) is 11.6 Å². The molecule has 0 amide bonds.